The highest BCUT2D eigenvalue weighted by Crippen LogP contribution is 2.25. The normalized spacial score (nSPS) is 13.5. The molecule has 0 saturated carbocycles. The number of hydrogen-bond acceptors (Lipinski definition) is 2. The van der Waals surface area contributed by atoms with Crippen molar-refractivity contribution in [2.24, 2.45) is 5.41 Å². The summed E-state index contributed by atoms with van der Waals surface area (Å²) in [6.45, 7) is 5.57. The van der Waals surface area contributed by atoms with E-state index < -0.39 is 24.7 Å². The molecule has 0 heterocycles. The summed E-state index contributed by atoms with van der Waals surface area (Å²) in [7, 11) is 0. The third-order valence-corrected chi connectivity index (χ3v) is 3.40. The Morgan fingerprint density at radius 2 is 1.83 bits per heavy atom. The summed E-state index contributed by atoms with van der Waals surface area (Å²) in [6, 6.07) is 5.79. The van der Waals surface area contributed by atoms with Gasteiger partial charge in [0, 0.05) is 18.7 Å². The zero-order chi connectivity index (χ0) is 17.7. The highest BCUT2D eigenvalue weighted by Gasteiger charge is 2.27. The van der Waals surface area contributed by atoms with Gasteiger partial charge in [-0.25, -0.2) is 4.79 Å². The van der Waals surface area contributed by atoms with E-state index in [1.54, 1.807) is 24.3 Å². The van der Waals surface area contributed by atoms with Gasteiger partial charge >= 0.3 is 12.2 Å². The third kappa shape index (κ3) is 7.36. The van der Waals surface area contributed by atoms with E-state index in [2.05, 4.69) is 10.6 Å². The zero-order valence-corrected chi connectivity index (χ0v) is 13.5. The highest BCUT2D eigenvalue weighted by molar-refractivity contribution is 5.90. The minimum atomic E-state index is -4.24. The van der Waals surface area contributed by atoms with Crippen LogP contribution in [0.4, 0.5) is 23.7 Å². The van der Waals surface area contributed by atoms with E-state index in [1.807, 2.05) is 20.8 Å². The van der Waals surface area contributed by atoms with Gasteiger partial charge in [0.05, 0.1) is 6.10 Å². The first-order chi connectivity index (χ1) is 10.5. The SMILES string of the molecule is CC(C)(C)C(O)CNC(=O)Nc1ccccc1CCC(F)(F)F. The number of nitrogens with one attached hydrogen (secondary N) is 2. The molecule has 1 rings (SSSR count). The molecule has 0 spiro atoms. The Balaban J connectivity index is 2.61. The van der Waals surface area contributed by atoms with Crippen LogP contribution in [0.3, 0.4) is 0 Å². The highest BCUT2D eigenvalue weighted by atomic mass is 19.4. The number of carbonyl (C=O) groups excluding carboxylic acids is 1. The van der Waals surface area contributed by atoms with Crippen LogP contribution in [0.25, 0.3) is 0 Å². The van der Waals surface area contributed by atoms with Crippen molar-refractivity contribution in [2.75, 3.05) is 11.9 Å². The summed E-state index contributed by atoms with van der Waals surface area (Å²) < 4.78 is 37.0. The van der Waals surface area contributed by atoms with Gasteiger partial charge in [0.15, 0.2) is 0 Å². The number of urea groups is 1. The van der Waals surface area contributed by atoms with E-state index in [1.165, 1.54) is 0 Å². The van der Waals surface area contributed by atoms with E-state index in [4.69, 9.17) is 0 Å². The molecular weight excluding hydrogens is 309 g/mol. The monoisotopic (exact) mass is 332 g/mol. The number of hydrogen-bond donors (Lipinski definition) is 3. The topological polar surface area (TPSA) is 61.4 Å². The number of para-hydroxylation sites is 1. The number of aryl methyl sites for hydroxylation is 1. The molecule has 0 aliphatic heterocycles. The number of carbonyl (C=O) groups is 1. The first-order valence-electron chi connectivity index (χ1n) is 7.36. The van der Waals surface area contributed by atoms with Crippen LogP contribution in [0.5, 0.6) is 0 Å². The van der Waals surface area contributed by atoms with E-state index in [0.717, 1.165) is 0 Å². The van der Waals surface area contributed by atoms with Gasteiger partial charge in [0.25, 0.3) is 0 Å². The molecule has 23 heavy (non-hydrogen) atoms. The Morgan fingerprint density at radius 3 is 2.39 bits per heavy atom. The smallest absolute Gasteiger partial charge is 0.389 e. The Bertz CT molecular complexity index is 525. The summed E-state index contributed by atoms with van der Waals surface area (Å²) >= 11 is 0. The molecule has 0 aliphatic carbocycles. The lowest BCUT2D eigenvalue weighted by Crippen LogP contribution is -2.41. The van der Waals surface area contributed by atoms with Gasteiger partial charge in [-0.1, -0.05) is 39.0 Å². The van der Waals surface area contributed by atoms with Crippen molar-refractivity contribution in [3.05, 3.63) is 29.8 Å². The van der Waals surface area contributed by atoms with Crippen molar-refractivity contribution >= 4 is 11.7 Å². The maximum absolute atomic E-state index is 12.3. The molecule has 7 heteroatoms. The third-order valence-electron chi connectivity index (χ3n) is 3.40. The maximum Gasteiger partial charge on any atom is 0.389 e. The fourth-order valence-electron chi connectivity index (χ4n) is 1.80. The second kappa shape index (κ2) is 7.68. The first kappa shape index (κ1) is 19.3. The van der Waals surface area contributed by atoms with Gasteiger partial charge in [-0.15, -0.1) is 0 Å². The van der Waals surface area contributed by atoms with Crippen LogP contribution in [-0.2, 0) is 6.42 Å². The maximum atomic E-state index is 12.3. The van der Waals surface area contributed by atoms with Crippen LogP contribution in [-0.4, -0.2) is 30.0 Å². The van der Waals surface area contributed by atoms with Crippen molar-refractivity contribution in [3.8, 4) is 0 Å². The second-order valence-electron chi connectivity index (χ2n) is 6.49. The molecule has 0 radical (unpaired) electrons. The summed E-state index contributed by atoms with van der Waals surface area (Å²) in [5.41, 5.74) is 0.369. The number of anilines is 1. The van der Waals surface area contributed by atoms with Crippen LogP contribution < -0.4 is 10.6 Å². The molecule has 4 nitrogen and oxygen atoms in total. The van der Waals surface area contributed by atoms with Crippen LogP contribution in [0.1, 0.15) is 32.8 Å². The average Bonchev–Trinajstić information content (AvgIpc) is 2.42. The summed E-state index contributed by atoms with van der Waals surface area (Å²) in [5.74, 6) is 0. The lowest BCUT2D eigenvalue weighted by atomic mass is 9.89. The van der Waals surface area contributed by atoms with Crippen LogP contribution >= 0.6 is 0 Å². The molecule has 0 bridgehead atoms. The Labute approximate surface area is 134 Å². The number of aliphatic hydroxyl groups is 1. The molecule has 0 saturated heterocycles. The first-order valence-corrected chi connectivity index (χ1v) is 7.36. The summed E-state index contributed by atoms with van der Waals surface area (Å²) in [4.78, 5) is 11.8. The number of alkyl halides is 3. The second-order valence-corrected chi connectivity index (χ2v) is 6.49. The summed E-state index contributed by atoms with van der Waals surface area (Å²) in [6.07, 6.45) is -6.12. The molecule has 1 aromatic rings. The van der Waals surface area contributed by atoms with Gasteiger partial charge < -0.3 is 15.7 Å². The lowest BCUT2D eigenvalue weighted by molar-refractivity contribution is -0.133. The van der Waals surface area contributed by atoms with Crippen molar-refractivity contribution in [1.82, 2.24) is 5.32 Å². The predicted molar refractivity (Wildman–Crippen MR) is 83.3 cm³/mol. The standard InChI is InChI=1S/C16H23F3N2O2/c1-15(2,3)13(22)10-20-14(23)21-12-7-5-4-6-11(12)8-9-16(17,18)19/h4-7,13,22H,8-10H2,1-3H3,(H2,20,21,23). The molecule has 1 aromatic carbocycles. The molecule has 1 atom stereocenters. The van der Waals surface area contributed by atoms with E-state index in [9.17, 15) is 23.1 Å². The van der Waals surface area contributed by atoms with Crippen LogP contribution in [0.2, 0.25) is 0 Å². The van der Waals surface area contributed by atoms with Crippen molar-refractivity contribution in [3.63, 3.8) is 0 Å². The van der Waals surface area contributed by atoms with Gasteiger partial charge in [0.2, 0.25) is 0 Å². The number of aliphatic hydroxyl groups excluding tert-OH is 1. The molecule has 0 aromatic heterocycles. The number of benzene rings is 1. The fraction of sp³-hybridized carbons (Fsp3) is 0.562. The van der Waals surface area contributed by atoms with Crippen LogP contribution in [0.15, 0.2) is 24.3 Å². The van der Waals surface area contributed by atoms with Crippen LogP contribution in [0, 0.1) is 5.41 Å². The molecule has 0 aliphatic rings. The van der Waals surface area contributed by atoms with Gasteiger partial charge in [-0.05, 0) is 23.5 Å². The average molecular weight is 332 g/mol. The van der Waals surface area contributed by atoms with Crippen molar-refractivity contribution in [1.29, 1.82) is 0 Å². The molecule has 0 fully saturated rings. The summed E-state index contributed by atoms with van der Waals surface area (Å²) in [5, 5.41) is 14.9. The number of halogens is 3. The number of amides is 2. The van der Waals surface area contributed by atoms with Crippen molar-refractivity contribution in [2.45, 2.75) is 45.9 Å². The quantitative estimate of drug-likeness (QED) is 0.770. The Hall–Kier alpha value is -1.76. The zero-order valence-electron chi connectivity index (χ0n) is 13.5. The van der Waals surface area contributed by atoms with E-state index in [-0.39, 0.29) is 18.4 Å². The number of rotatable bonds is 5. The molecule has 130 valence electrons. The largest absolute Gasteiger partial charge is 0.391 e. The molecular formula is C16H23F3N2O2. The van der Waals surface area contributed by atoms with Gasteiger partial charge in [-0.2, -0.15) is 13.2 Å². The van der Waals surface area contributed by atoms with E-state index >= 15 is 0 Å². The predicted octanol–water partition coefficient (Wildman–Crippen LogP) is 3.71. The van der Waals surface area contributed by atoms with E-state index in [0.29, 0.717) is 11.3 Å². The fourth-order valence-corrected chi connectivity index (χ4v) is 1.80. The van der Waals surface area contributed by atoms with Gasteiger partial charge in [0.1, 0.15) is 0 Å². The Kier molecular flexibility index (Phi) is 6.44. The molecule has 2 amide bonds. The minimum absolute atomic E-state index is 0.0556. The Morgan fingerprint density at radius 1 is 1.22 bits per heavy atom. The molecule has 1 unspecified atom stereocenters. The lowest BCUT2D eigenvalue weighted by Gasteiger charge is -2.26. The van der Waals surface area contributed by atoms with Crippen molar-refractivity contribution < 1.29 is 23.1 Å². The minimum Gasteiger partial charge on any atom is -0.391 e. The molecule has 3 N–H and O–H groups in total. The van der Waals surface area contributed by atoms with Gasteiger partial charge in [-0.3, -0.25) is 0 Å².